The van der Waals surface area contributed by atoms with E-state index < -0.39 is 18.0 Å². The number of ether oxygens (including phenoxy) is 6. The second-order valence-corrected chi connectivity index (χ2v) is 7.83. The predicted octanol–water partition coefficient (Wildman–Crippen LogP) is 4.41. The van der Waals surface area contributed by atoms with Crippen LogP contribution in [0.1, 0.15) is 38.7 Å². The van der Waals surface area contributed by atoms with Crippen LogP contribution in [0.4, 0.5) is 0 Å². The lowest BCUT2D eigenvalue weighted by molar-refractivity contribution is -0.141. The highest BCUT2D eigenvalue weighted by Crippen LogP contribution is 2.48. The summed E-state index contributed by atoms with van der Waals surface area (Å²) in [5.41, 5.74) is 2.85. The summed E-state index contributed by atoms with van der Waals surface area (Å²) in [7, 11) is 6.11. The van der Waals surface area contributed by atoms with Gasteiger partial charge in [-0.15, -0.1) is 0 Å². The molecule has 2 heterocycles. The summed E-state index contributed by atoms with van der Waals surface area (Å²) in [4.78, 5) is 26.0. The van der Waals surface area contributed by atoms with Gasteiger partial charge in [0.25, 0.3) is 0 Å². The second-order valence-electron chi connectivity index (χ2n) is 7.83. The number of rotatable bonds is 5. The quantitative estimate of drug-likeness (QED) is 0.397. The van der Waals surface area contributed by atoms with Crippen molar-refractivity contribution < 1.29 is 38.0 Å². The molecule has 0 saturated carbocycles. The summed E-state index contributed by atoms with van der Waals surface area (Å²) in [6.07, 6.45) is -0.784. The first-order valence-electron chi connectivity index (χ1n) is 10.8. The van der Waals surface area contributed by atoms with Gasteiger partial charge < -0.3 is 28.4 Å². The highest BCUT2D eigenvalue weighted by atomic mass is 16.6. The SMILES string of the molecule is COc1ccc([C@@H]2OC(=O)C(=C3OC(=O)c4ccccc43)c3cc(OC)c(OC)cc32)cc1OC. The van der Waals surface area contributed by atoms with Crippen molar-refractivity contribution in [1.29, 1.82) is 0 Å². The van der Waals surface area contributed by atoms with Crippen molar-refractivity contribution >= 4 is 23.3 Å². The number of esters is 2. The maximum Gasteiger partial charge on any atom is 0.344 e. The molecular weight excluding hydrogens is 452 g/mol. The molecule has 0 saturated heterocycles. The molecule has 0 aromatic heterocycles. The average molecular weight is 474 g/mol. The Balaban J connectivity index is 1.76. The molecule has 0 bridgehead atoms. The van der Waals surface area contributed by atoms with Gasteiger partial charge in [-0.1, -0.05) is 24.3 Å². The lowest BCUT2D eigenvalue weighted by Crippen LogP contribution is -2.23. The normalized spacial score (nSPS) is 18.2. The Kier molecular flexibility index (Phi) is 5.56. The predicted molar refractivity (Wildman–Crippen MR) is 126 cm³/mol. The zero-order valence-corrected chi connectivity index (χ0v) is 19.5. The van der Waals surface area contributed by atoms with Gasteiger partial charge in [-0.25, -0.2) is 9.59 Å². The summed E-state index contributed by atoms with van der Waals surface area (Å²) in [5, 5.41) is 0. The Morgan fingerprint density at radius 3 is 1.97 bits per heavy atom. The van der Waals surface area contributed by atoms with E-state index in [0.29, 0.717) is 50.8 Å². The minimum absolute atomic E-state index is 0.135. The fourth-order valence-electron chi connectivity index (χ4n) is 4.39. The number of cyclic esters (lactones) is 2. The van der Waals surface area contributed by atoms with Gasteiger partial charge >= 0.3 is 11.9 Å². The Labute approximate surface area is 201 Å². The molecule has 2 aliphatic rings. The second kappa shape index (κ2) is 8.72. The fraction of sp³-hybridized carbons (Fsp3) is 0.185. The Bertz CT molecular complexity index is 1390. The molecule has 8 nitrogen and oxygen atoms in total. The van der Waals surface area contributed by atoms with Crippen LogP contribution in [0.2, 0.25) is 0 Å². The van der Waals surface area contributed by atoms with Crippen LogP contribution in [0.25, 0.3) is 11.3 Å². The molecule has 0 radical (unpaired) electrons. The van der Waals surface area contributed by atoms with Gasteiger partial charge in [0.05, 0.1) is 34.0 Å². The molecule has 0 aliphatic carbocycles. The van der Waals surface area contributed by atoms with Gasteiger partial charge in [-0.05, 0) is 30.3 Å². The van der Waals surface area contributed by atoms with Crippen molar-refractivity contribution in [1.82, 2.24) is 0 Å². The molecule has 35 heavy (non-hydrogen) atoms. The highest BCUT2D eigenvalue weighted by Gasteiger charge is 2.40. The summed E-state index contributed by atoms with van der Waals surface area (Å²) in [5.74, 6) is 0.901. The molecule has 0 unspecified atom stereocenters. The number of carbonyl (C=O) groups is 2. The Morgan fingerprint density at radius 2 is 1.29 bits per heavy atom. The van der Waals surface area contributed by atoms with E-state index >= 15 is 0 Å². The highest BCUT2D eigenvalue weighted by molar-refractivity contribution is 6.27. The van der Waals surface area contributed by atoms with E-state index in [1.54, 1.807) is 61.7 Å². The lowest BCUT2D eigenvalue weighted by Gasteiger charge is -2.29. The fourth-order valence-corrected chi connectivity index (χ4v) is 4.39. The first-order valence-corrected chi connectivity index (χ1v) is 10.8. The largest absolute Gasteiger partial charge is 0.493 e. The van der Waals surface area contributed by atoms with Crippen LogP contribution < -0.4 is 18.9 Å². The van der Waals surface area contributed by atoms with Gasteiger partial charge in [-0.2, -0.15) is 0 Å². The van der Waals surface area contributed by atoms with E-state index in [9.17, 15) is 9.59 Å². The van der Waals surface area contributed by atoms with Gasteiger partial charge in [-0.3, -0.25) is 0 Å². The summed E-state index contributed by atoms with van der Waals surface area (Å²) < 4.78 is 33.3. The van der Waals surface area contributed by atoms with Gasteiger partial charge in [0, 0.05) is 22.3 Å². The van der Waals surface area contributed by atoms with Crippen molar-refractivity contribution in [3.63, 3.8) is 0 Å². The van der Waals surface area contributed by atoms with Crippen LogP contribution in [0.15, 0.2) is 54.6 Å². The van der Waals surface area contributed by atoms with Crippen molar-refractivity contribution in [3.05, 3.63) is 82.4 Å². The van der Waals surface area contributed by atoms with Crippen molar-refractivity contribution in [2.75, 3.05) is 28.4 Å². The maximum atomic E-state index is 13.5. The molecule has 0 N–H and O–H groups in total. The number of hydrogen-bond donors (Lipinski definition) is 0. The van der Waals surface area contributed by atoms with Crippen LogP contribution in [0.3, 0.4) is 0 Å². The Morgan fingerprint density at radius 1 is 0.657 bits per heavy atom. The molecule has 8 heteroatoms. The monoisotopic (exact) mass is 474 g/mol. The third-order valence-electron chi connectivity index (χ3n) is 6.06. The van der Waals surface area contributed by atoms with Crippen LogP contribution in [0.5, 0.6) is 23.0 Å². The first-order chi connectivity index (χ1) is 17.0. The van der Waals surface area contributed by atoms with E-state index in [2.05, 4.69) is 0 Å². The molecule has 0 fully saturated rings. The zero-order chi connectivity index (χ0) is 24.7. The van der Waals surface area contributed by atoms with Crippen LogP contribution in [-0.4, -0.2) is 40.4 Å². The van der Waals surface area contributed by atoms with Gasteiger partial charge in [0.15, 0.2) is 34.9 Å². The number of hydrogen-bond acceptors (Lipinski definition) is 8. The number of methoxy groups -OCH3 is 4. The molecule has 3 aromatic carbocycles. The van der Waals surface area contributed by atoms with E-state index in [4.69, 9.17) is 28.4 Å². The average Bonchev–Trinajstić information content (AvgIpc) is 3.22. The molecule has 3 aromatic rings. The van der Waals surface area contributed by atoms with E-state index in [1.807, 2.05) is 0 Å². The third kappa shape index (κ3) is 3.54. The van der Waals surface area contributed by atoms with Crippen LogP contribution in [0, 0.1) is 0 Å². The number of benzene rings is 3. The van der Waals surface area contributed by atoms with E-state index in [1.165, 1.54) is 21.3 Å². The minimum atomic E-state index is -0.784. The molecule has 1 atom stereocenters. The standard InChI is InChI=1S/C27H22O8/c1-30-19-10-9-14(11-20(19)31-2)24-18-13-22(33-4)21(32-3)12-17(18)23(27(29)34-24)25-15-7-5-6-8-16(15)26(28)35-25/h5-13,24H,1-4H3/t24-/m0/s1. The summed E-state index contributed by atoms with van der Waals surface area (Å²) >= 11 is 0. The topological polar surface area (TPSA) is 89.5 Å². The van der Waals surface area contributed by atoms with Crippen molar-refractivity contribution in [3.8, 4) is 23.0 Å². The van der Waals surface area contributed by atoms with E-state index in [-0.39, 0.29) is 11.3 Å². The molecule has 0 amide bonds. The third-order valence-corrected chi connectivity index (χ3v) is 6.06. The van der Waals surface area contributed by atoms with Gasteiger partial charge in [0.1, 0.15) is 5.57 Å². The molecule has 0 spiro atoms. The molecule has 178 valence electrons. The summed E-state index contributed by atoms with van der Waals surface area (Å²) in [6.45, 7) is 0. The summed E-state index contributed by atoms with van der Waals surface area (Å²) in [6, 6.07) is 15.6. The lowest BCUT2D eigenvalue weighted by atomic mass is 9.87. The maximum absolute atomic E-state index is 13.5. The molecular formula is C27H22O8. The van der Waals surface area contributed by atoms with Crippen molar-refractivity contribution in [2.24, 2.45) is 0 Å². The van der Waals surface area contributed by atoms with Crippen LogP contribution in [-0.2, 0) is 14.3 Å². The Hall–Kier alpha value is -4.46. The zero-order valence-electron chi connectivity index (χ0n) is 19.5. The van der Waals surface area contributed by atoms with Gasteiger partial charge in [0.2, 0.25) is 0 Å². The number of fused-ring (bicyclic) bond motifs is 2. The van der Waals surface area contributed by atoms with Crippen LogP contribution >= 0.6 is 0 Å². The van der Waals surface area contributed by atoms with E-state index in [0.717, 1.165) is 0 Å². The minimum Gasteiger partial charge on any atom is -0.493 e. The first kappa shape index (κ1) is 22.3. The molecule has 5 rings (SSSR count). The van der Waals surface area contributed by atoms with Crippen molar-refractivity contribution in [2.45, 2.75) is 6.10 Å². The smallest absolute Gasteiger partial charge is 0.344 e. The number of carbonyl (C=O) groups excluding carboxylic acids is 2. The molecule has 2 aliphatic heterocycles.